The van der Waals surface area contributed by atoms with Gasteiger partial charge in [-0.3, -0.25) is 0 Å². The monoisotopic (exact) mass is 534 g/mol. The lowest BCUT2D eigenvalue weighted by molar-refractivity contribution is -0.139. The number of hydrogen-bond acceptors (Lipinski definition) is 5. The van der Waals surface area contributed by atoms with Crippen LogP contribution in [0.25, 0.3) is 0 Å². The summed E-state index contributed by atoms with van der Waals surface area (Å²) >= 11 is 0. The van der Waals surface area contributed by atoms with Crippen molar-refractivity contribution in [3.63, 3.8) is 0 Å². The third-order valence-corrected chi connectivity index (χ3v) is 16.6. The molecule has 196 valence electrons. The Morgan fingerprint density at radius 1 is 0.606 bits per heavy atom. The van der Waals surface area contributed by atoms with E-state index in [0.717, 1.165) is 25.3 Å². The molecule has 0 amide bonds. The van der Waals surface area contributed by atoms with E-state index in [2.05, 4.69) is 65.5 Å². The smallest absolute Gasteiger partial charge is 0.462 e. The highest BCUT2D eigenvalue weighted by atomic mass is 28.5. The zero-order valence-electron chi connectivity index (χ0n) is 23.5. The lowest BCUT2D eigenvalue weighted by atomic mass is 10.1. The molecular formula is C24H54O5Si4. The molecule has 0 N–H and O–H groups in total. The van der Waals surface area contributed by atoms with E-state index in [9.17, 15) is 4.79 Å². The predicted molar refractivity (Wildman–Crippen MR) is 151 cm³/mol. The zero-order valence-corrected chi connectivity index (χ0v) is 27.5. The molecule has 0 atom stereocenters. The van der Waals surface area contributed by atoms with Crippen LogP contribution in [0, 0.1) is 0 Å². The Morgan fingerprint density at radius 3 is 1.27 bits per heavy atom. The van der Waals surface area contributed by atoms with Crippen LogP contribution in [0.15, 0.2) is 12.2 Å². The largest absolute Gasteiger partial charge is 0.469 e. The summed E-state index contributed by atoms with van der Waals surface area (Å²) in [6, 6.07) is 0.953. The number of unbranched alkanes of at least 4 members (excludes halogenated alkanes) is 8. The van der Waals surface area contributed by atoms with Crippen LogP contribution in [-0.2, 0) is 21.9 Å². The van der Waals surface area contributed by atoms with E-state index < -0.39 is 33.8 Å². The molecule has 0 aliphatic rings. The Bertz CT molecular complexity index is 536. The second-order valence-corrected chi connectivity index (χ2v) is 29.2. The maximum atomic E-state index is 11.3. The van der Waals surface area contributed by atoms with Gasteiger partial charge in [-0.2, -0.15) is 0 Å². The van der Waals surface area contributed by atoms with Gasteiger partial charge in [0.2, 0.25) is 0 Å². The number of esters is 1. The van der Waals surface area contributed by atoms with E-state index in [-0.39, 0.29) is 5.97 Å². The highest BCUT2D eigenvalue weighted by Crippen LogP contribution is 2.30. The van der Waals surface area contributed by atoms with E-state index in [1.165, 1.54) is 38.5 Å². The highest BCUT2D eigenvalue weighted by Gasteiger charge is 2.49. The van der Waals surface area contributed by atoms with Gasteiger partial charge in [0.05, 0.1) is 6.61 Å². The molecule has 9 heteroatoms. The van der Waals surface area contributed by atoms with Gasteiger partial charge in [-0.1, -0.05) is 51.5 Å². The summed E-state index contributed by atoms with van der Waals surface area (Å²) in [5.74, 6) is -0.275. The number of carbonyl (C=O) groups excluding carboxylic acids is 1. The molecule has 0 aliphatic carbocycles. The van der Waals surface area contributed by atoms with Gasteiger partial charge in [-0.15, -0.1) is 0 Å². The van der Waals surface area contributed by atoms with Crippen LogP contribution in [0.5, 0.6) is 0 Å². The lowest BCUT2D eigenvalue weighted by Crippen LogP contribution is -2.60. The van der Waals surface area contributed by atoms with Crippen molar-refractivity contribution in [2.45, 2.75) is 130 Å². The second-order valence-electron chi connectivity index (χ2n) is 12.2. The van der Waals surface area contributed by atoms with Crippen molar-refractivity contribution in [2.75, 3.05) is 6.61 Å². The Balaban J connectivity index is 4.35. The molecule has 0 saturated heterocycles. The van der Waals surface area contributed by atoms with E-state index in [1.54, 1.807) is 6.92 Å². The average molecular weight is 535 g/mol. The van der Waals surface area contributed by atoms with Crippen LogP contribution >= 0.6 is 0 Å². The molecule has 5 nitrogen and oxygen atoms in total. The van der Waals surface area contributed by atoms with Crippen LogP contribution in [0.2, 0.25) is 65.0 Å². The molecule has 0 unspecified atom stereocenters. The normalized spacial score (nSPS) is 13.3. The highest BCUT2D eigenvalue weighted by molar-refractivity contribution is 6.90. The topological polar surface area (TPSA) is 54.0 Å². The molecule has 0 fully saturated rings. The van der Waals surface area contributed by atoms with Gasteiger partial charge in [0.1, 0.15) is 0 Å². The number of hydrogen-bond donors (Lipinski definition) is 0. The first-order valence-electron chi connectivity index (χ1n) is 12.9. The maximum Gasteiger partial charge on any atom is 0.469 e. The molecule has 0 bridgehead atoms. The first kappa shape index (κ1) is 33.0. The molecule has 0 spiro atoms. The maximum absolute atomic E-state index is 11.3. The van der Waals surface area contributed by atoms with E-state index in [4.69, 9.17) is 17.1 Å². The quantitative estimate of drug-likeness (QED) is 0.0725. The van der Waals surface area contributed by atoms with Gasteiger partial charge in [-0.25, -0.2) is 4.79 Å². The van der Waals surface area contributed by atoms with Gasteiger partial charge in [0.25, 0.3) is 0 Å². The minimum atomic E-state index is -2.67. The molecule has 33 heavy (non-hydrogen) atoms. The zero-order chi connectivity index (χ0) is 25.8. The molecule has 0 aromatic carbocycles. The van der Waals surface area contributed by atoms with Crippen molar-refractivity contribution in [2.24, 2.45) is 0 Å². The van der Waals surface area contributed by atoms with Crippen molar-refractivity contribution >= 4 is 39.7 Å². The fourth-order valence-electron chi connectivity index (χ4n) is 3.58. The van der Waals surface area contributed by atoms with Crippen molar-refractivity contribution in [1.82, 2.24) is 0 Å². The molecule has 0 rings (SSSR count). The average Bonchev–Trinajstić information content (AvgIpc) is 2.57. The van der Waals surface area contributed by atoms with Crippen LogP contribution in [0.4, 0.5) is 0 Å². The molecule has 0 radical (unpaired) electrons. The molecule has 0 aliphatic heterocycles. The Kier molecular flexibility index (Phi) is 15.1. The van der Waals surface area contributed by atoms with E-state index >= 15 is 0 Å². The Hall–Kier alpha value is -0.0425. The fraction of sp³-hybridized carbons (Fsp3) is 0.875. The van der Waals surface area contributed by atoms with Crippen LogP contribution < -0.4 is 0 Å². The standard InChI is InChI=1S/C24H54O5Si4/c1-23(2)24(25)26-21-19-17-15-13-12-14-16-18-20-22-33(27-30(3,4)5,28-31(6,7)8)29-32(9,10)11/h1,12-22H2,2-11H3. The second kappa shape index (κ2) is 15.2. The van der Waals surface area contributed by atoms with Crippen molar-refractivity contribution in [3.8, 4) is 0 Å². The van der Waals surface area contributed by atoms with Crippen LogP contribution in [0.1, 0.15) is 64.7 Å². The molecule has 0 aromatic heterocycles. The molecular weight excluding hydrogens is 481 g/mol. The van der Waals surface area contributed by atoms with Crippen LogP contribution in [0.3, 0.4) is 0 Å². The van der Waals surface area contributed by atoms with Crippen molar-refractivity contribution in [1.29, 1.82) is 0 Å². The summed E-state index contributed by atoms with van der Waals surface area (Å²) in [5.41, 5.74) is 0.473. The van der Waals surface area contributed by atoms with Gasteiger partial charge >= 0.3 is 14.8 Å². The Labute approximate surface area is 209 Å². The molecule has 0 saturated carbocycles. The first-order chi connectivity index (χ1) is 14.9. The number of ether oxygens (including phenoxy) is 1. The summed E-state index contributed by atoms with van der Waals surface area (Å²) in [6.07, 6.45) is 10.7. The third-order valence-electron chi connectivity index (χ3n) is 4.59. The fourth-order valence-corrected chi connectivity index (χ4v) is 18.3. The summed E-state index contributed by atoms with van der Waals surface area (Å²) in [6.45, 7) is 26.0. The van der Waals surface area contributed by atoms with Crippen molar-refractivity contribution < 1.29 is 21.9 Å². The summed E-state index contributed by atoms with van der Waals surface area (Å²) in [5, 5.41) is 0. The SMILES string of the molecule is C=C(C)C(=O)OCCCCCCCCCCC[Si](O[Si](C)(C)C)(O[Si](C)(C)C)O[Si](C)(C)C. The van der Waals surface area contributed by atoms with Gasteiger partial charge < -0.3 is 17.1 Å². The first-order valence-corrected chi connectivity index (χ1v) is 25.0. The minimum Gasteiger partial charge on any atom is -0.462 e. The van der Waals surface area contributed by atoms with E-state index in [1.807, 2.05) is 0 Å². The number of rotatable bonds is 19. The van der Waals surface area contributed by atoms with Crippen molar-refractivity contribution in [3.05, 3.63) is 12.2 Å². The Morgan fingerprint density at radius 2 is 0.939 bits per heavy atom. The third kappa shape index (κ3) is 19.9. The summed E-state index contributed by atoms with van der Waals surface area (Å²) in [7, 11) is -8.01. The van der Waals surface area contributed by atoms with Crippen LogP contribution in [-0.4, -0.2) is 46.3 Å². The molecule has 0 aromatic rings. The molecule has 0 heterocycles. The summed E-state index contributed by atoms with van der Waals surface area (Å²) in [4.78, 5) is 11.3. The van der Waals surface area contributed by atoms with E-state index in [0.29, 0.717) is 12.2 Å². The van der Waals surface area contributed by atoms with Gasteiger partial charge in [0, 0.05) is 11.6 Å². The van der Waals surface area contributed by atoms with Gasteiger partial charge in [-0.05, 0) is 78.7 Å². The van der Waals surface area contributed by atoms with Gasteiger partial charge in [0.15, 0.2) is 25.0 Å². The minimum absolute atomic E-state index is 0.275. The lowest BCUT2D eigenvalue weighted by Gasteiger charge is -2.43. The predicted octanol–water partition coefficient (Wildman–Crippen LogP) is 8.11. The summed E-state index contributed by atoms with van der Waals surface area (Å²) < 4.78 is 25.4. The number of carbonyl (C=O) groups is 1.